The van der Waals surface area contributed by atoms with Gasteiger partial charge in [0.15, 0.2) is 0 Å². The molecule has 3 aromatic rings. The second-order valence-corrected chi connectivity index (χ2v) is 10.3. The zero-order valence-electron chi connectivity index (χ0n) is 19.8. The van der Waals surface area contributed by atoms with E-state index in [1.807, 2.05) is 36.4 Å². The third-order valence-corrected chi connectivity index (χ3v) is 7.78. The highest BCUT2D eigenvalue weighted by molar-refractivity contribution is 7.88. The Hall–Kier alpha value is -3.08. The molecule has 0 radical (unpaired) electrons. The summed E-state index contributed by atoms with van der Waals surface area (Å²) in [6.07, 6.45) is 1.46. The fourth-order valence-corrected chi connectivity index (χ4v) is 5.41. The minimum Gasteiger partial charge on any atom is -0.379 e. The minimum atomic E-state index is -3.46. The molecule has 2 heterocycles. The van der Waals surface area contributed by atoms with Crippen LogP contribution in [0.4, 0.5) is 0 Å². The molecule has 1 fully saturated rings. The topological polar surface area (TPSA) is 115 Å². The maximum absolute atomic E-state index is 12.8. The molecule has 0 bridgehead atoms. The van der Waals surface area contributed by atoms with Crippen LogP contribution in [0, 0.1) is 0 Å². The summed E-state index contributed by atoms with van der Waals surface area (Å²) in [5.41, 5.74) is 3.54. The molecular weight excluding hydrogens is 468 g/mol. The molecule has 4 rings (SSSR count). The van der Waals surface area contributed by atoms with Crippen molar-refractivity contribution in [2.45, 2.75) is 38.5 Å². The molecule has 10 heteroatoms. The summed E-state index contributed by atoms with van der Waals surface area (Å²) in [5.74, 6) is 0.608. The number of amides is 1. The highest BCUT2D eigenvalue weighted by Crippen LogP contribution is 2.18. The van der Waals surface area contributed by atoms with Crippen LogP contribution < -0.4 is 5.32 Å². The molecule has 0 spiro atoms. The number of nitrogens with zero attached hydrogens (tertiary/aromatic N) is 3. The van der Waals surface area contributed by atoms with E-state index >= 15 is 0 Å². The van der Waals surface area contributed by atoms with Crippen molar-refractivity contribution in [1.29, 1.82) is 0 Å². The number of rotatable bonds is 10. The number of benzene rings is 2. The van der Waals surface area contributed by atoms with Crippen LogP contribution in [0.3, 0.4) is 0 Å². The Kier molecular flexibility index (Phi) is 8.27. The van der Waals surface area contributed by atoms with E-state index in [9.17, 15) is 13.2 Å². The van der Waals surface area contributed by atoms with Gasteiger partial charge in [0.05, 0.1) is 19.0 Å². The summed E-state index contributed by atoms with van der Waals surface area (Å²) in [7, 11) is -3.46. The van der Waals surface area contributed by atoms with E-state index < -0.39 is 10.0 Å². The van der Waals surface area contributed by atoms with Gasteiger partial charge in [-0.05, 0) is 23.1 Å². The molecule has 1 amide bonds. The Morgan fingerprint density at radius 3 is 2.49 bits per heavy atom. The lowest BCUT2D eigenvalue weighted by Gasteiger charge is -2.26. The van der Waals surface area contributed by atoms with Crippen molar-refractivity contribution >= 4 is 15.9 Å². The number of sulfonamides is 1. The van der Waals surface area contributed by atoms with Crippen LogP contribution in [-0.2, 0) is 44.7 Å². The first-order valence-corrected chi connectivity index (χ1v) is 13.4. The van der Waals surface area contributed by atoms with E-state index in [-0.39, 0.29) is 24.6 Å². The number of morpholine rings is 1. The Morgan fingerprint density at radius 1 is 1.06 bits per heavy atom. The van der Waals surface area contributed by atoms with Crippen LogP contribution in [0.2, 0.25) is 0 Å². The Bertz CT molecular complexity index is 1230. The maximum atomic E-state index is 12.8. The molecule has 35 heavy (non-hydrogen) atoms. The summed E-state index contributed by atoms with van der Waals surface area (Å²) < 4.78 is 37.6. The molecule has 1 aromatic heterocycles. The molecule has 0 unspecified atom stereocenters. The van der Waals surface area contributed by atoms with Gasteiger partial charge in [0.25, 0.3) is 0 Å². The second-order valence-electron chi connectivity index (χ2n) is 8.38. The molecule has 0 saturated carbocycles. The van der Waals surface area contributed by atoms with Gasteiger partial charge in [0.1, 0.15) is 0 Å². The lowest BCUT2D eigenvalue weighted by Crippen LogP contribution is -2.41. The van der Waals surface area contributed by atoms with Gasteiger partial charge in [-0.3, -0.25) is 4.79 Å². The highest BCUT2D eigenvalue weighted by atomic mass is 32.2. The normalized spacial score (nSPS) is 14.7. The molecular formula is C25H30N4O5S. The minimum absolute atomic E-state index is 0.108. The van der Waals surface area contributed by atoms with E-state index in [2.05, 4.69) is 22.4 Å². The quantitative estimate of drug-likeness (QED) is 0.457. The van der Waals surface area contributed by atoms with E-state index in [0.717, 1.165) is 17.5 Å². The molecule has 1 aliphatic rings. The second kappa shape index (κ2) is 11.6. The van der Waals surface area contributed by atoms with Gasteiger partial charge in [-0.25, -0.2) is 8.42 Å². The van der Waals surface area contributed by atoms with E-state index in [4.69, 9.17) is 9.26 Å². The fourth-order valence-electron chi connectivity index (χ4n) is 3.85. The van der Waals surface area contributed by atoms with Crippen molar-refractivity contribution in [3.05, 3.63) is 71.1 Å². The Balaban J connectivity index is 1.29. The number of carbonyl (C=O) groups is 1. The highest BCUT2D eigenvalue weighted by Gasteiger charge is 2.25. The zero-order valence-corrected chi connectivity index (χ0v) is 20.6. The SMILES string of the molecule is CCc1ccc(-c2noc(CCC(=O)NCc3ccccc3CS(=O)(=O)N3CCOCC3)n2)cc1. The van der Waals surface area contributed by atoms with Gasteiger partial charge in [-0.1, -0.05) is 60.6 Å². The monoisotopic (exact) mass is 498 g/mol. The van der Waals surface area contributed by atoms with Gasteiger partial charge in [-0.2, -0.15) is 9.29 Å². The van der Waals surface area contributed by atoms with Crippen LogP contribution in [-0.4, -0.2) is 55.1 Å². The lowest BCUT2D eigenvalue weighted by molar-refractivity contribution is -0.121. The molecule has 1 saturated heterocycles. The average Bonchev–Trinajstić information content (AvgIpc) is 3.36. The number of nitrogens with one attached hydrogen (secondary N) is 1. The third kappa shape index (κ3) is 6.74. The first kappa shape index (κ1) is 25.0. The molecule has 1 N–H and O–H groups in total. The largest absolute Gasteiger partial charge is 0.379 e. The summed E-state index contributed by atoms with van der Waals surface area (Å²) in [4.78, 5) is 16.8. The predicted octanol–water partition coefficient (Wildman–Crippen LogP) is 2.71. The van der Waals surface area contributed by atoms with Gasteiger partial charge >= 0.3 is 0 Å². The third-order valence-electron chi connectivity index (χ3n) is 5.95. The van der Waals surface area contributed by atoms with Crippen LogP contribution in [0.15, 0.2) is 53.1 Å². The lowest BCUT2D eigenvalue weighted by atomic mass is 10.1. The van der Waals surface area contributed by atoms with Crippen molar-refractivity contribution < 1.29 is 22.5 Å². The predicted molar refractivity (Wildman–Crippen MR) is 131 cm³/mol. The van der Waals surface area contributed by atoms with Gasteiger partial charge in [-0.15, -0.1) is 0 Å². The van der Waals surface area contributed by atoms with Crippen LogP contribution in [0.5, 0.6) is 0 Å². The number of carbonyl (C=O) groups excluding carboxylic acids is 1. The van der Waals surface area contributed by atoms with E-state index in [0.29, 0.717) is 50.0 Å². The first-order chi connectivity index (χ1) is 16.9. The van der Waals surface area contributed by atoms with Crippen LogP contribution in [0.25, 0.3) is 11.4 Å². The van der Waals surface area contributed by atoms with Crippen LogP contribution >= 0.6 is 0 Å². The summed E-state index contributed by atoms with van der Waals surface area (Å²) in [6, 6.07) is 15.2. The Morgan fingerprint density at radius 2 is 1.77 bits per heavy atom. The summed E-state index contributed by atoms with van der Waals surface area (Å²) in [6.45, 7) is 3.88. The number of aromatic nitrogens is 2. The Labute approximate surface area is 205 Å². The fraction of sp³-hybridized carbons (Fsp3) is 0.400. The number of aryl methyl sites for hydroxylation is 2. The maximum Gasteiger partial charge on any atom is 0.227 e. The first-order valence-electron chi connectivity index (χ1n) is 11.8. The van der Waals surface area contributed by atoms with Gasteiger partial charge < -0.3 is 14.6 Å². The molecule has 1 aliphatic heterocycles. The van der Waals surface area contributed by atoms with Crippen molar-refractivity contribution in [3.8, 4) is 11.4 Å². The molecule has 2 aromatic carbocycles. The van der Waals surface area contributed by atoms with Crippen molar-refractivity contribution in [1.82, 2.24) is 19.8 Å². The van der Waals surface area contributed by atoms with E-state index in [1.54, 1.807) is 12.1 Å². The van der Waals surface area contributed by atoms with E-state index in [1.165, 1.54) is 9.87 Å². The van der Waals surface area contributed by atoms with Gasteiger partial charge in [0.2, 0.25) is 27.6 Å². The van der Waals surface area contributed by atoms with Gasteiger partial charge in [0, 0.05) is 38.0 Å². The van der Waals surface area contributed by atoms with Crippen molar-refractivity contribution in [2.24, 2.45) is 0 Å². The number of hydrogen-bond donors (Lipinski definition) is 1. The number of ether oxygens (including phenoxy) is 1. The van der Waals surface area contributed by atoms with Crippen LogP contribution in [0.1, 0.15) is 35.9 Å². The molecule has 0 aliphatic carbocycles. The summed E-state index contributed by atoms with van der Waals surface area (Å²) >= 11 is 0. The number of hydrogen-bond acceptors (Lipinski definition) is 7. The summed E-state index contributed by atoms with van der Waals surface area (Å²) in [5, 5.41) is 6.88. The van der Waals surface area contributed by atoms with Crippen molar-refractivity contribution in [3.63, 3.8) is 0 Å². The standard InChI is InChI=1S/C25H30N4O5S/c1-2-19-7-9-20(10-8-19)25-27-24(34-28-25)12-11-23(30)26-17-21-5-3-4-6-22(21)18-35(31,32)29-13-15-33-16-14-29/h3-10H,2,11-18H2,1H3,(H,26,30). The zero-order chi connectivity index (χ0) is 24.7. The molecule has 0 atom stereocenters. The molecule has 186 valence electrons. The smallest absolute Gasteiger partial charge is 0.227 e. The molecule has 9 nitrogen and oxygen atoms in total. The van der Waals surface area contributed by atoms with Crippen molar-refractivity contribution in [2.75, 3.05) is 26.3 Å². The average molecular weight is 499 g/mol.